The van der Waals surface area contributed by atoms with E-state index in [0.29, 0.717) is 4.47 Å². The average molecular weight is 434 g/mol. The third-order valence-electron chi connectivity index (χ3n) is 3.92. The summed E-state index contributed by atoms with van der Waals surface area (Å²) in [5.74, 6) is -0.773. The standard InChI is InChI=1S/C20H17BrFNO2S/c21-18-11-12-20(19(22)13-18)26(24,25)23(14-16-7-3-1-4-8-16)15-17-9-5-2-6-10-17/h1-13H,14-15H2. The smallest absolute Gasteiger partial charge is 0.207 e. The first-order valence-electron chi connectivity index (χ1n) is 8.00. The first-order chi connectivity index (χ1) is 12.5. The van der Waals surface area contributed by atoms with Crippen LogP contribution in [0.2, 0.25) is 0 Å². The lowest BCUT2D eigenvalue weighted by molar-refractivity contribution is 0.397. The molecule has 3 nitrogen and oxygen atoms in total. The van der Waals surface area contributed by atoms with Gasteiger partial charge in [0.05, 0.1) is 0 Å². The van der Waals surface area contributed by atoms with Crippen LogP contribution in [0, 0.1) is 5.82 Å². The molecule has 26 heavy (non-hydrogen) atoms. The van der Waals surface area contributed by atoms with Gasteiger partial charge in [0, 0.05) is 17.6 Å². The van der Waals surface area contributed by atoms with Crippen molar-refractivity contribution in [1.82, 2.24) is 4.31 Å². The molecule has 6 heteroatoms. The Balaban J connectivity index is 2.00. The Labute approximate surface area is 161 Å². The zero-order valence-electron chi connectivity index (χ0n) is 13.8. The molecule has 3 aromatic rings. The fraction of sp³-hybridized carbons (Fsp3) is 0.100. The minimum Gasteiger partial charge on any atom is -0.207 e. The predicted molar refractivity (Wildman–Crippen MR) is 103 cm³/mol. The molecule has 0 saturated heterocycles. The summed E-state index contributed by atoms with van der Waals surface area (Å²) in [6, 6.07) is 22.5. The predicted octanol–water partition coefficient (Wildman–Crippen LogP) is 4.98. The minimum absolute atomic E-state index is 0.160. The molecule has 0 N–H and O–H groups in total. The van der Waals surface area contributed by atoms with Gasteiger partial charge in [0.25, 0.3) is 0 Å². The van der Waals surface area contributed by atoms with Gasteiger partial charge in [-0.3, -0.25) is 0 Å². The van der Waals surface area contributed by atoms with Crippen molar-refractivity contribution in [2.45, 2.75) is 18.0 Å². The molecule has 0 aliphatic rings. The van der Waals surface area contributed by atoms with Crippen LogP contribution in [0.5, 0.6) is 0 Å². The first kappa shape index (κ1) is 18.8. The lowest BCUT2D eigenvalue weighted by Crippen LogP contribution is -2.31. The third-order valence-corrected chi connectivity index (χ3v) is 6.23. The fourth-order valence-electron chi connectivity index (χ4n) is 2.62. The summed E-state index contributed by atoms with van der Waals surface area (Å²) in [6.07, 6.45) is 0. The highest BCUT2D eigenvalue weighted by Gasteiger charge is 2.28. The molecule has 0 amide bonds. The summed E-state index contributed by atoms with van der Waals surface area (Å²) in [5.41, 5.74) is 1.68. The van der Waals surface area contributed by atoms with Gasteiger partial charge >= 0.3 is 0 Å². The van der Waals surface area contributed by atoms with E-state index < -0.39 is 15.8 Å². The van der Waals surface area contributed by atoms with Crippen molar-refractivity contribution in [2.75, 3.05) is 0 Å². The lowest BCUT2D eigenvalue weighted by atomic mass is 10.2. The van der Waals surface area contributed by atoms with Gasteiger partial charge in [-0.05, 0) is 29.3 Å². The Bertz CT molecular complexity index is 938. The van der Waals surface area contributed by atoms with Crippen LogP contribution in [0.1, 0.15) is 11.1 Å². The molecule has 0 aliphatic carbocycles. The maximum absolute atomic E-state index is 14.3. The van der Waals surface area contributed by atoms with Crippen LogP contribution in [0.3, 0.4) is 0 Å². The van der Waals surface area contributed by atoms with E-state index in [4.69, 9.17) is 0 Å². The highest BCUT2D eigenvalue weighted by molar-refractivity contribution is 9.10. The van der Waals surface area contributed by atoms with Crippen LogP contribution >= 0.6 is 15.9 Å². The molecule has 0 heterocycles. The van der Waals surface area contributed by atoms with Crippen molar-refractivity contribution in [2.24, 2.45) is 0 Å². The second-order valence-electron chi connectivity index (χ2n) is 5.82. The van der Waals surface area contributed by atoms with Crippen molar-refractivity contribution in [3.05, 3.63) is 100 Å². The zero-order valence-corrected chi connectivity index (χ0v) is 16.3. The van der Waals surface area contributed by atoms with Gasteiger partial charge in [-0.2, -0.15) is 4.31 Å². The Morgan fingerprint density at radius 1 is 0.808 bits per heavy atom. The van der Waals surface area contributed by atoms with Crippen LogP contribution in [-0.4, -0.2) is 12.7 Å². The number of nitrogens with zero attached hydrogens (tertiary/aromatic N) is 1. The quantitative estimate of drug-likeness (QED) is 0.549. The molecule has 0 bridgehead atoms. The molecule has 3 aromatic carbocycles. The summed E-state index contributed by atoms with van der Waals surface area (Å²) in [6.45, 7) is 0.321. The number of sulfonamides is 1. The van der Waals surface area contributed by atoms with Crippen LogP contribution in [0.25, 0.3) is 0 Å². The van der Waals surface area contributed by atoms with Gasteiger partial charge in [0.15, 0.2) is 0 Å². The van der Waals surface area contributed by atoms with Gasteiger partial charge in [-0.15, -0.1) is 0 Å². The number of halogens is 2. The van der Waals surface area contributed by atoms with Crippen molar-refractivity contribution in [3.8, 4) is 0 Å². The Kier molecular flexibility index (Phi) is 5.86. The normalized spacial score (nSPS) is 11.7. The molecule has 0 spiro atoms. The van der Waals surface area contributed by atoms with Gasteiger partial charge in [-0.1, -0.05) is 76.6 Å². The van der Waals surface area contributed by atoms with E-state index in [2.05, 4.69) is 15.9 Å². The molecular formula is C20H17BrFNO2S. The van der Waals surface area contributed by atoms with Crippen molar-refractivity contribution in [1.29, 1.82) is 0 Å². The van der Waals surface area contributed by atoms with Crippen molar-refractivity contribution < 1.29 is 12.8 Å². The summed E-state index contributed by atoms with van der Waals surface area (Å²) in [4.78, 5) is -0.326. The maximum atomic E-state index is 14.3. The largest absolute Gasteiger partial charge is 0.246 e. The van der Waals surface area contributed by atoms with Gasteiger partial charge < -0.3 is 0 Å². The minimum atomic E-state index is -4.01. The third kappa shape index (κ3) is 4.38. The maximum Gasteiger partial charge on any atom is 0.246 e. The number of hydrogen-bond acceptors (Lipinski definition) is 2. The second-order valence-corrected chi connectivity index (χ2v) is 8.64. The van der Waals surface area contributed by atoms with Crippen molar-refractivity contribution in [3.63, 3.8) is 0 Å². The van der Waals surface area contributed by atoms with Gasteiger partial charge in [-0.25, -0.2) is 12.8 Å². The highest BCUT2D eigenvalue weighted by atomic mass is 79.9. The fourth-order valence-corrected chi connectivity index (χ4v) is 4.42. The summed E-state index contributed by atoms with van der Waals surface area (Å²) in [7, 11) is -4.01. The molecule has 0 atom stereocenters. The molecule has 0 aromatic heterocycles. The monoisotopic (exact) mass is 433 g/mol. The van der Waals surface area contributed by atoms with Crippen LogP contribution < -0.4 is 0 Å². The topological polar surface area (TPSA) is 37.4 Å². The summed E-state index contributed by atoms with van der Waals surface area (Å²) < 4.78 is 42.4. The molecule has 0 saturated carbocycles. The SMILES string of the molecule is O=S(=O)(c1ccc(Br)cc1F)N(Cc1ccccc1)Cc1ccccc1. The average Bonchev–Trinajstić information content (AvgIpc) is 2.62. The molecule has 0 radical (unpaired) electrons. The van der Waals surface area contributed by atoms with Gasteiger partial charge in [0.2, 0.25) is 10.0 Å². The molecule has 0 aliphatic heterocycles. The Hall–Kier alpha value is -2.02. The van der Waals surface area contributed by atoms with E-state index in [1.807, 2.05) is 60.7 Å². The molecule has 0 unspecified atom stereocenters. The van der Waals surface area contributed by atoms with Gasteiger partial charge in [0.1, 0.15) is 10.7 Å². The van der Waals surface area contributed by atoms with E-state index >= 15 is 0 Å². The molecule has 3 rings (SSSR count). The van der Waals surface area contributed by atoms with Crippen LogP contribution in [-0.2, 0) is 23.1 Å². The molecular weight excluding hydrogens is 417 g/mol. The first-order valence-corrected chi connectivity index (χ1v) is 10.2. The summed E-state index contributed by atoms with van der Waals surface area (Å²) in [5, 5.41) is 0. The Morgan fingerprint density at radius 3 is 1.77 bits per heavy atom. The number of rotatable bonds is 6. The van der Waals surface area contributed by atoms with Crippen molar-refractivity contribution >= 4 is 26.0 Å². The van der Waals surface area contributed by atoms with E-state index in [1.54, 1.807) is 0 Å². The molecule has 134 valence electrons. The second kappa shape index (κ2) is 8.12. The highest BCUT2D eigenvalue weighted by Crippen LogP contribution is 2.25. The lowest BCUT2D eigenvalue weighted by Gasteiger charge is -2.23. The zero-order chi connectivity index (χ0) is 18.6. The summed E-state index contributed by atoms with van der Waals surface area (Å²) >= 11 is 3.16. The van der Waals surface area contributed by atoms with E-state index in [-0.39, 0.29) is 18.0 Å². The van der Waals surface area contributed by atoms with Crippen LogP contribution in [0.4, 0.5) is 4.39 Å². The van der Waals surface area contributed by atoms with E-state index in [1.165, 1.54) is 16.4 Å². The van der Waals surface area contributed by atoms with E-state index in [0.717, 1.165) is 17.2 Å². The number of hydrogen-bond donors (Lipinski definition) is 0. The van der Waals surface area contributed by atoms with Crippen LogP contribution in [0.15, 0.2) is 88.2 Å². The molecule has 0 fully saturated rings. The Morgan fingerprint density at radius 2 is 1.31 bits per heavy atom. The van der Waals surface area contributed by atoms with E-state index in [9.17, 15) is 12.8 Å². The number of benzene rings is 3.